The van der Waals surface area contributed by atoms with Gasteiger partial charge in [0.25, 0.3) is 0 Å². The number of nitrogen functional groups attached to an aromatic ring is 1. The first-order valence-corrected chi connectivity index (χ1v) is 6.13. The van der Waals surface area contributed by atoms with E-state index in [1.165, 1.54) is 25.3 Å². The molecule has 0 saturated carbocycles. The fraction of sp³-hybridized carbons (Fsp3) is 0.462. The molecule has 7 heteroatoms. The van der Waals surface area contributed by atoms with Crippen LogP contribution in [0.5, 0.6) is 0 Å². The number of hydrogen-bond acceptors (Lipinski definition) is 5. The minimum absolute atomic E-state index is 0.00588. The number of anilines is 2. The average molecular weight is 286 g/mol. The number of carbonyl (C=O) groups excluding carboxylic acids is 1. The smallest absolute Gasteiger partial charge is 0.337 e. The zero-order valence-corrected chi connectivity index (χ0v) is 10.9. The molecular formula is C13H16F2N2O3. The van der Waals surface area contributed by atoms with E-state index in [4.69, 9.17) is 10.5 Å². The summed E-state index contributed by atoms with van der Waals surface area (Å²) in [5.74, 6) is -1.41. The first kappa shape index (κ1) is 14.5. The second-order valence-corrected chi connectivity index (χ2v) is 4.58. The van der Waals surface area contributed by atoms with E-state index in [9.17, 15) is 13.6 Å². The molecule has 2 rings (SSSR count). The van der Waals surface area contributed by atoms with E-state index in [0.717, 1.165) is 0 Å². The van der Waals surface area contributed by atoms with Gasteiger partial charge in [0, 0.05) is 0 Å². The van der Waals surface area contributed by atoms with Crippen LogP contribution in [0.3, 0.4) is 0 Å². The second kappa shape index (κ2) is 6.04. The van der Waals surface area contributed by atoms with Crippen LogP contribution < -0.4 is 11.1 Å². The molecule has 1 aliphatic heterocycles. The van der Waals surface area contributed by atoms with Crippen molar-refractivity contribution in [3.63, 3.8) is 0 Å². The van der Waals surface area contributed by atoms with Gasteiger partial charge in [-0.2, -0.15) is 0 Å². The molecule has 110 valence electrons. The highest BCUT2D eigenvalue weighted by molar-refractivity contribution is 5.92. The SMILES string of the molecule is COC(=O)c1ccc(N)c(N[C@@H]2COCC2C(F)F)c1. The van der Waals surface area contributed by atoms with Crippen molar-refractivity contribution in [3.05, 3.63) is 23.8 Å². The van der Waals surface area contributed by atoms with E-state index in [-0.39, 0.29) is 13.2 Å². The van der Waals surface area contributed by atoms with E-state index in [1.54, 1.807) is 0 Å². The fourth-order valence-corrected chi connectivity index (χ4v) is 2.09. The number of alkyl halides is 2. The Labute approximate surface area is 115 Å². The van der Waals surface area contributed by atoms with Gasteiger partial charge in [-0.15, -0.1) is 0 Å². The Morgan fingerprint density at radius 1 is 1.50 bits per heavy atom. The molecule has 0 aliphatic carbocycles. The van der Waals surface area contributed by atoms with Crippen molar-refractivity contribution in [1.82, 2.24) is 0 Å². The largest absolute Gasteiger partial charge is 0.465 e. The average Bonchev–Trinajstić information content (AvgIpc) is 2.88. The molecule has 1 heterocycles. The van der Waals surface area contributed by atoms with Crippen molar-refractivity contribution in [2.75, 3.05) is 31.4 Å². The van der Waals surface area contributed by atoms with Gasteiger partial charge in [-0.3, -0.25) is 0 Å². The summed E-state index contributed by atoms with van der Waals surface area (Å²) in [4.78, 5) is 11.5. The molecule has 0 bridgehead atoms. The lowest BCUT2D eigenvalue weighted by Crippen LogP contribution is -2.32. The van der Waals surface area contributed by atoms with Crippen LogP contribution in [0.25, 0.3) is 0 Å². The Bertz CT molecular complexity index is 497. The third-order valence-electron chi connectivity index (χ3n) is 3.26. The van der Waals surface area contributed by atoms with Gasteiger partial charge in [-0.1, -0.05) is 0 Å². The summed E-state index contributed by atoms with van der Waals surface area (Å²) in [6, 6.07) is 4.00. The standard InChI is InChI=1S/C13H16F2N2O3/c1-19-13(18)7-2-3-9(16)10(4-7)17-11-6-20-5-8(11)12(14)15/h2-4,8,11-12,17H,5-6,16H2,1H3/t8?,11-/m1/s1. The number of carbonyl (C=O) groups is 1. The summed E-state index contributed by atoms with van der Waals surface area (Å²) in [5.41, 5.74) is 6.89. The van der Waals surface area contributed by atoms with Gasteiger partial charge in [0.2, 0.25) is 6.43 Å². The second-order valence-electron chi connectivity index (χ2n) is 4.58. The number of esters is 1. The molecule has 2 atom stereocenters. The van der Waals surface area contributed by atoms with Gasteiger partial charge in [-0.25, -0.2) is 13.6 Å². The molecule has 1 saturated heterocycles. The molecule has 1 aliphatic rings. The van der Waals surface area contributed by atoms with Gasteiger partial charge in [0.1, 0.15) is 0 Å². The lowest BCUT2D eigenvalue weighted by atomic mass is 10.0. The van der Waals surface area contributed by atoms with E-state index < -0.39 is 24.4 Å². The van der Waals surface area contributed by atoms with E-state index >= 15 is 0 Å². The van der Waals surface area contributed by atoms with Gasteiger partial charge in [0.15, 0.2) is 0 Å². The van der Waals surface area contributed by atoms with Crippen molar-refractivity contribution >= 4 is 17.3 Å². The molecule has 1 unspecified atom stereocenters. The van der Waals surface area contributed by atoms with Crippen LogP contribution in [0.4, 0.5) is 20.2 Å². The summed E-state index contributed by atoms with van der Waals surface area (Å²) in [5, 5.41) is 2.92. The summed E-state index contributed by atoms with van der Waals surface area (Å²) < 4.78 is 35.3. The topological polar surface area (TPSA) is 73.6 Å². The highest BCUT2D eigenvalue weighted by atomic mass is 19.3. The van der Waals surface area contributed by atoms with Crippen LogP contribution in [-0.4, -0.2) is 38.8 Å². The lowest BCUT2D eigenvalue weighted by Gasteiger charge is -2.20. The molecule has 20 heavy (non-hydrogen) atoms. The monoisotopic (exact) mass is 286 g/mol. The maximum atomic E-state index is 12.8. The Morgan fingerprint density at radius 3 is 2.90 bits per heavy atom. The molecule has 1 aromatic carbocycles. The van der Waals surface area contributed by atoms with Crippen LogP contribution in [0.15, 0.2) is 18.2 Å². The van der Waals surface area contributed by atoms with Gasteiger partial charge < -0.3 is 20.5 Å². The highest BCUT2D eigenvalue weighted by Gasteiger charge is 2.35. The quantitative estimate of drug-likeness (QED) is 0.651. The molecule has 5 nitrogen and oxygen atoms in total. The zero-order valence-electron chi connectivity index (χ0n) is 10.9. The molecule has 0 spiro atoms. The summed E-state index contributed by atoms with van der Waals surface area (Å²) in [7, 11) is 1.27. The van der Waals surface area contributed by atoms with Crippen molar-refractivity contribution < 1.29 is 23.0 Å². The first-order valence-electron chi connectivity index (χ1n) is 6.13. The number of ether oxygens (including phenoxy) is 2. The van der Waals surface area contributed by atoms with Crippen LogP contribution in [-0.2, 0) is 9.47 Å². The lowest BCUT2D eigenvalue weighted by molar-refractivity contribution is 0.0599. The maximum Gasteiger partial charge on any atom is 0.337 e. The fourth-order valence-electron chi connectivity index (χ4n) is 2.09. The molecule has 3 N–H and O–H groups in total. The third-order valence-corrected chi connectivity index (χ3v) is 3.26. The third kappa shape index (κ3) is 2.98. The molecule has 1 fully saturated rings. The number of rotatable bonds is 4. The minimum atomic E-state index is -2.47. The predicted octanol–water partition coefficient (Wildman–Crippen LogP) is 1.75. The van der Waals surface area contributed by atoms with Crippen LogP contribution in [0.1, 0.15) is 10.4 Å². The number of halogens is 2. The zero-order chi connectivity index (χ0) is 14.7. The number of methoxy groups -OCH3 is 1. The van der Waals surface area contributed by atoms with Crippen LogP contribution in [0, 0.1) is 5.92 Å². The Hall–Kier alpha value is -1.89. The van der Waals surface area contributed by atoms with Gasteiger partial charge >= 0.3 is 5.97 Å². The molecular weight excluding hydrogens is 270 g/mol. The Kier molecular flexibility index (Phi) is 4.39. The van der Waals surface area contributed by atoms with Crippen molar-refractivity contribution in [2.24, 2.45) is 5.92 Å². The van der Waals surface area contributed by atoms with Crippen molar-refractivity contribution in [2.45, 2.75) is 12.5 Å². The molecule has 0 amide bonds. The van der Waals surface area contributed by atoms with Gasteiger partial charge in [-0.05, 0) is 18.2 Å². The first-order chi connectivity index (χ1) is 9.52. The number of benzene rings is 1. The highest BCUT2D eigenvalue weighted by Crippen LogP contribution is 2.28. The molecule has 0 radical (unpaired) electrons. The van der Waals surface area contributed by atoms with Crippen molar-refractivity contribution in [3.8, 4) is 0 Å². The summed E-state index contributed by atoms with van der Waals surface area (Å²) in [6.07, 6.45) is -2.47. The van der Waals surface area contributed by atoms with Crippen LogP contribution >= 0.6 is 0 Å². The van der Waals surface area contributed by atoms with E-state index in [0.29, 0.717) is 16.9 Å². The number of nitrogens with two attached hydrogens (primary N) is 1. The van der Waals surface area contributed by atoms with E-state index in [1.807, 2.05) is 0 Å². The summed E-state index contributed by atoms with van der Waals surface area (Å²) in [6.45, 7) is 0.183. The Balaban J connectivity index is 2.18. The normalized spacial score (nSPS) is 22.0. The minimum Gasteiger partial charge on any atom is -0.465 e. The van der Waals surface area contributed by atoms with Crippen molar-refractivity contribution in [1.29, 1.82) is 0 Å². The maximum absolute atomic E-state index is 12.8. The van der Waals surface area contributed by atoms with E-state index in [2.05, 4.69) is 10.1 Å². The predicted molar refractivity (Wildman–Crippen MR) is 69.9 cm³/mol. The molecule has 1 aromatic rings. The molecule has 0 aromatic heterocycles. The number of hydrogen-bond donors (Lipinski definition) is 2. The Morgan fingerprint density at radius 2 is 2.25 bits per heavy atom. The van der Waals surface area contributed by atoms with Crippen LogP contribution in [0.2, 0.25) is 0 Å². The summed E-state index contributed by atoms with van der Waals surface area (Å²) >= 11 is 0. The van der Waals surface area contributed by atoms with Gasteiger partial charge in [0.05, 0.1) is 49.2 Å². The number of nitrogens with one attached hydrogen (secondary N) is 1.